The molecule has 0 saturated carbocycles. The molecule has 0 amide bonds. The van der Waals surface area contributed by atoms with Gasteiger partial charge in [-0.3, -0.25) is 0 Å². The minimum Gasteiger partial charge on any atom is -0.310 e. The topological polar surface area (TPSA) is 8.17 Å². The molecule has 0 bridgehead atoms. The molecule has 8 aromatic carbocycles. The van der Waals surface area contributed by atoms with Crippen molar-refractivity contribution in [3.05, 3.63) is 205 Å². The Morgan fingerprint density at radius 2 is 1.07 bits per heavy atom. The number of nitrogens with zero attached hydrogens (tertiary/aromatic N) is 2. The van der Waals surface area contributed by atoms with E-state index in [2.05, 4.69) is 218 Å². The van der Waals surface area contributed by atoms with Crippen molar-refractivity contribution in [2.24, 2.45) is 0 Å². The van der Waals surface area contributed by atoms with Crippen LogP contribution in [0.25, 0.3) is 60.9 Å². The summed E-state index contributed by atoms with van der Waals surface area (Å²) in [5.74, 6) is 0. The van der Waals surface area contributed by atoms with Crippen LogP contribution in [0.5, 0.6) is 0 Å². The molecule has 0 N–H and O–H groups in total. The first-order valence-corrected chi connectivity index (χ1v) is 18.9. The van der Waals surface area contributed by atoms with Crippen molar-refractivity contribution in [2.75, 3.05) is 4.90 Å². The second kappa shape index (κ2) is 12.5. The molecular formula is C52H40N2. The second-order valence-electron chi connectivity index (χ2n) is 15.0. The lowest BCUT2D eigenvalue weighted by Gasteiger charge is -2.33. The SMILES string of the molecule is Cc1cc(-c2cccc3c2c2ccccc2n3-c2ccccc2)ccc1N(c1ccc(-c2ccccc2)cc1)c1cccc2c1C(C)(C)c1ccccc1-2. The molecule has 1 aliphatic rings. The summed E-state index contributed by atoms with van der Waals surface area (Å²) in [7, 11) is 0. The summed E-state index contributed by atoms with van der Waals surface area (Å²) in [5.41, 5.74) is 18.4. The van der Waals surface area contributed by atoms with Crippen LogP contribution in [-0.4, -0.2) is 4.57 Å². The summed E-state index contributed by atoms with van der Waals surface area (Å²) in [6, 6.07) is 68.7. The molecule has 0 saturated heterocycles. The molecule has 54 heavy (non-hydrogen) atoms. The Kier molecular flexibility index (Phi) is 7.42. The van der Waals surface area contributed by atoms with Gasteiger partial charge in [0.2, 0.25) is 0 Å². The van der Waals surface area contributed by atoms with Gasteiger partial charge < -0.3 is 9.47 Å². The zero-order valence-corrected chi connectivity index (χ0v) is 30.8. The van der Waals surface area contributed by atoms with Gasteiger partial charge in [0.1, 0.15) is 0 Å². The van der Waals surface area contributed by atoms with E-state index in [0.29, 0.717) is 0 Å². The van der Waals surface area contributed by atoms with E-state index in [9.17, 15) is 0 Å². The maximum Gasteiger partial charge on any atom is 0.0547 e. The second-order valence-corrected chi connectivity index (χ2v) is 15.0. The lowest BCUT2D eigenvalue weighted by atomic mass is 9.81. The van der Waals surface area contributed by atoms with Gasteiger partial charge in [0.25, 0.3) is 0 Å². The van der Waals surface area contributed by atoms with Crippen molar-refractivity contribution >= 4 is 38.9 Å². The predicted molar refractivity (Wildman–Crippen MR) is 229 cm³/mol. The smallest absolute Gasteiger partial charge is 0.0547 e. The number of hydrogen-bond donors (Lipinski definition) is 0. The van der Waals surface area contributed by atoms with Crippen molar-refractivity contribution in [1.82, 2.24) is 4.57 Å². The third-order valence-corrected chi connectivity index (χ3v) is 11.5. The van der Waals surface area contributed by atoms with Gasteiger partial charge >= 0.3 is 0 Å². The third-order valence-electron chi connectivity index (χ3n) is 11.5. The quantitative estimate of drug-likeness (QED) is 0.168. The zero-order valence-electron chi connectivity index (χ0n) is 30.8. The van der Waals surface area contributed by atoms with Gasteiger partial charge in [-0.1, -0.05) is 147 Å². The van der Waals surface area contributed by atoms with E-state index in [4.69, 9.17) is 0 Å². The van der Waals surface area contributed by atoms with Gasteiger partial charge in [0, 0.05) is 33.2 Å². The molecule has 2 heteroatoms. The zero-order chi connectivity index (χ0) is 36.4. The molecule has 0 radical (unpaired) electrons. The van der Waals surface area contributed by atoms with Crippen molar-refractivity contribution in [2.45, 2.75) is 26.2 Å². The Morgan fingerprint density at radius 1 is 0.463 bits per heavy atom. The fraction of sp³-hybridized carbons (Fsp3) is 0.0769. The standard InChI is InChI=1S/C52H40N2/c1-35-34-38(41-22-14-26-48-50(41)44-21-11-13-25-47(44)54(48)39-18-8-5-9-19-39)30-33-46(35)53(40-31-28-37(29-32-40)36-16-6-4-7-17-36)49-27-15-23-43-42-20-10-12-24-45(42)52(2,3)51(43)49/h4-34H,1-3H3. The summed E-state index contributed by atoms with van der Waals surface area (Å²) in [5, 5.41) is 2.54. The lowest BCUT2D eigenvalue weighted by molar-refractivity contribution is 0.661. The van der Waals surface area contributed by atoms with Crippen molar-refractivity contribution < 1.29 is 0 Å². The van der Waals surface area contributed by atoms with Crippen LogP contribution in [0.1, 0.15) is 30.5 Å². The highest BCUT2D eigenvalue weighted by atomic mass is 15.1. The van der Waals surface area contributed by atoms with E-state index in [0.717, 1.165) is 5.69 Å². The Labute approximate surface area is 317 Å². The van der Waals surface area contributed by atoms with E-state index in [1.807, 2.05) is 0 Å². The monoisotopic (exact) mass is 692 g/mol. The van der Waals surface area contributed by atoms with Crippen LogP contribution in [0.15, 0.2) is 188 Å². The summed E-state index contributed by atoms with van der Waals surface area (Å²) in [6.07, 6.45) is 0. The van der Waals surface area contributed by atoms with Crippen LogP contribution >= 0.6 is 0 Å². The highest BCUT2D eigenvalue weighted by Crippen LogP contribution is 2.54. The van der Waals surface area contributed by atoms with E-state index in [-0.39, 0.29) is 5.41 Å². The highest BCUT2D eigenvalue weighted by Gasteiger charge is 2.38. The first-order chi connectivity index (χ1) is 26.5. The number of anilines is 3. The first-order valence-electron chi connectivity index (χ1n) is 18.9. The van der Waals surface area contributed by atoms with Gasteiger partial charge in [-0.15, -0.1) is 0 Å². The van der Waals surface area contributed by atoms with Crippen molar-refractivity contribution in [3.8, 4) is 39.1 Å². The van der Waals surface area contributed by atoms with E-state index >= 15 is 0 Å². The van der Waals surface area contributed by atoms with Crippen LogP contribution in [0, 0.1) is 6.92 Å². The molecule has 0 fully saturated rings. The number of aryl methyl sites for hydroxylation is 1. The van der Waals surface area contributed by atoms with Crippen molar-refractivity contribution in [3.63, 3.8) is 0 Å². The maximum atomic E-state index is 2.49. The Hall–Kier alpha value is -6.64. The molecule has 10 rings (SSSR count). The van der Waals surface area contributed by atoms with Crippen LogP contribution in [-0.2, 0) is 5.41 Å². The highest BCUT2D eigenvalue weighted by molar-refractivity contribution is 6.15. The molecule has 2 nitrogen and oxygen atoms in total. The fourth-order valence-electron chi connectivity index (χ4n) is 9.04. The van der Waals surface area contributed by atoms with Gasteiger partial charge in [0.05, 0.1) is 16.7 Å². The molecule has 0 spiro atoms. The Morgan fingerprint density at radius 3 is 1.87 bits per heavy atom. The molecule has 9 aromatic rings. The number of benzene rings is 8. The molecule has 1 aromatic heterocycles. The number of aromatic nitrogens is 1. The summed E-state index contributed by atoms with van der Waals surface area (Å²) < 4.78 is 2.39. The largest absolute Gasteiger partial charge is 0.310 e. The third kappa shape index (κ3) is 4.94. The van der Waals surface area contributed by atoms with Crippen LogP contribution in [0.3, 0.4) is 0 Å². The van der Waals surface area contributed by atoms with Gasteiger partial charge in [-0.2, -0.15) is 0 Å². The molecule has 0 unspecified atom stereocenters. The molecule has 258 valence electrons. The number of rotatable bonds is 6. The lowest BCUT2D eigenvalue weighted by Crippen LogP contribution is -2.21. The molecule has 0 aliphatic heterocycles. The fourth-order valence-corrected chi connectivity index (χ4v) is 9.04. The Balaban J connectivity index is 1.16. The summed E-state index contributed by atoms with van der Waals surface area (Å²) >= 11 is 0. The molecular weight excluding hydrogens is 653 g/mol. The minimum atomic E-state index is -0.165. The summed E-state index contributed by atoms with van der Waals surface area (Å²) in [4.78, 5) is 2.49. The van der Waals surface area contributed by atoms with E-state index < -0.39 is 0 Å². The van der Waals surface area contributed by atoms with E-state index in [1.54, 1.807) is 0 Å². The summed E-state index contributed by atoms with van der Waals surface area (Å²) in [6.45, 7) is 7.02. The molecule has 1 heterocycles. The number of hydrogen-bond acceptors (Lipinski definition) is 1. The van der Waals surface area contributed by atoms with Crippen LogP contribution < -0.4 is 4.90 Å². The normalized spacial score (nSPS) is 12.9. The van der Waals surface area contributed by atoms with E-state index in [1.165, 1.54) is 88.9 Å². The molecule has 0 atom stereocenters. The van der Waals surface area contributed by atoms with Gasteiger partial charge in [0.15, 0.2) is 0 Å². The number of para-hydroxylation sites is 2. The van der Waals surface area contributed by atoms with Crippen LogP contribution in [0.4, 0.5) is 17.1 Å². The van der Waals surface area contributed by atoms with Crippen molar-refractivity contribution in [1.29, 1.82) is 0 Å². The first kappa shape index (κ1) is 32.0. The minimum absolute atomic E-state index is 0.165. The van der Waals surface area contributed by atoms with Gasteiger partial charge in [-0.05, 0) is 112 Å². The molecule has 1 aliphatic carbocycles. The Bertz CT molecular complexity index is 2840. The predicted octanol–water partition coefficient (Wildman–Crippen LogP) is 14.2. The average Bonchev–Trinajstić information content (AvgIpc) is 3.68. The van der Waals surface area contributed by atoms with Gasteiger partial charge in [-0.25, -0.2) is 0 Å². The average molecular weight is 693 g/mol. The number of fused-ring (bicyclic) bond motifs is 6. The maximum absolute atomic E-state index is 2.49. The van der Waals surface area contributed by atoms with Crippen LogP contribution in [0.2, 0.25) is 0 Å².